The van der Waals surface area contributed by atoms with Gasteiger partial charge in [-0.25, -0.2) is 0 Å². The summed E-state index contributed by atoms with van der Waals surface area (Å²) < 4.78 is 3.49. The van der Waals surface area contributed by atoms with E-state index in [1.807, 2.05) is 19.3 Å². The summed E-state index contributed by atoms with van der Waals surface area (Å²) in [6.07, 6.45) is 5.41. The molecule has 0 aliphatic carbocycles. The van der Waals surface area contributed by atoms with E-state index in [9.17, 15) is 0 Å². The molecule has 0 saturated carbocycles. The minimum Gasteiger partial charge on any atom is -0.396 e. The van der Waals surface area contributed by atoms with Crippen LogP contribution in [0.5, 0.6) is 0 Å². The summed E-state index contributed by atoms with van der Waals surface area (Å²) in [5, 5.41) is 8.29. The first kappa shape index (κ1) is 10.6. The molecule has 0 amide bonds. The van der Waals surface area contributed by atoms with E-state index in [4.69, 9.17) is 5.73 Å². The number of aromatic nitrogens is 4. The Kier molecular flexibility index (Phi) is 3.14. The molecule has 76 valence electrons. The van der Waals surface area contributed by atoms with E-state index < -0.39 is 0 Å². The fourth-order valence-corrected chi connectivity index (χ4v) is 1.22. The van der Waals surface area contributed by atoms with Gasteiger partial charge in [-0.05, 0) is 6.07 Å². The summed E-state index contributed by atoms with van der Waals surface area (Å²) >= 11 is 0. The number of halogens is 1. The van der Waals surface area contributed by atoms with Gasteiger partial charge in [-0.2, -0.15) is 10.2 Å². The molecule has 2 heterocycles. The number of nitrogens with zero attached hydrogens (tertiary/aromatic N) is 4. The lowest BCUT2D eigenvalue weighted by Gasteiger charge is -1.97. The third-order valence-electron chi connectivity index (χ3n) is 1.81. The summed E-state index contributed by atoms with van der Waals surface area (Å²) in [4.78, 5) is 0. The van der Waals surface area contributed by atoms with Gasteiger partial charge in [0.2, 0.25) is 0 Å². The number of nitrogen functional groups attached to an aromatic ring is 1. The van der Waals surface area contributed by atoms with Crippen LogP contribution in [0.4, 0.5) is 5.69 Å². The van der Waals surface area contributed by atoms with Gasteiger partial charge >= 0.3 is 0 Å². The molecule has 0 unspecified atom stereocenters. The number of rotatable bonds is 2. The molecule has 0 spiro atoms. The first-order valence-electron chi connectivity index (χ1n) is 4.01. The number of anilines is 1. The van der Waals surface area contributed by atoms with E-state index in [0.29, 0.717) is 12.2 Å². The second kappa shape index (κ2) is 4.15. The lowest BCUT2D eigenvalue weighted by molar-refractivity contribution is 0.651. The van der Waals surface area contributed by atoms with Crippen molar-refractivity contribution in [2.75, 3.05) is 5.73 Å². The molecule has 6 heteroatoms. The molecule has 0 saturated heterocycles. The van der Waals surface area contributed by atoms with Crippen LogP contribution < -0.4 is 5.73 Å². The molecule has 2 aromatic rings. The lowest BCUT2D eigenvalue weighted by atomic mass is 10.4. The smallest absolute Gasteiger partial charge is 0.107 e. The van der Waals surface area contributed by atoms with Crippen LogP contribution in [0.3, 0.4) is 0 Å². The summed E-state index contributed by atoms with van der Waals surface area (Å²) in [7, 11) is 1.85. The Balaban J connectivity index is 0.000000980. The standard InChI is InChI=1S/C8H11N5.ClH/c1-12-5-7(9)8(11-12)6-13-4-2-3-10-13;/h2-5H,6,9H2,1H3;1H. The van der Waals surface area contributed by atoms with E-state index >= 15 is 0 Å². The maximum absolute atomic E-state index is 5.73. The first-order valence-corrected chi connectivity index (χ1v) is 4.01. The van der Waals surface area contributed by atoms with Crippen molar-refractivity contribution in [3.8, 4) is 0 Å². The van der Waals surface area contributed by atoms with Crippen molar-refractivity contribution in [1.29, 1.82) is 0 Å². The SMILES string of the molecule is Cl.Cn1cc(N)c(Cn2cccn2)n1. The highest BCUT2D eigenvalue weighted by atomic mass is 35.5. The highest BCUT2D eigenvalue weighted by Gasteiger charge is 2.04. The van der Waals surface area contributed by atoms with Crippen LogP contribution in [-0.4, -0.2) is 19.6 Å². The Hall–Kier alpha value is -1.49. The summed E-state index contributed by atoms with van der Waals surface area (Å²) in [6, 6.07) is 1.87. The fraction of sp³-hybridized carbons (Fsp3) is 0.250. The first-order chi connectivity index (χ1) is 6.25. The average molecular weight is 214 g/mol. The van der Waals surface area contributed by atoms with E-state index in [-0.39, 0.29) is 12.4 Å². The second-order valence-corrected chi connectivity index (χ2v) is 2.91. The molecule has 0 aliphatic rings. The predicted octanol–water partition coefficient (Wildman–Crippen LogP) is 0.669. The number of hydrogen-bond donors (Lipinski definition) is 1. The molecule has 0 aliphatic heterocycles. The van der Waals surface area contributed by atoms with E-state index in [0.717, 1.165) is 5.69 Å². The van der Waals surface area contributed by atoms with Gasteiger partial charge in [0.25, 0.3) is 0 Å². The van der Waals surface area contributed by atoms with Crippen molar-refractivity contribution in [3.63, 3.8) is 0 Å². The average Bonchev–Trinajstić information content (AvgIpc) is 2.63. The highest BCUT2D eigenvalue weighted by molar-refractivity contribution is 5.85. The Morgan fingerprint density at radius 2 is 2.29 bits per heavy atom. The highest BCUT2D eigenvalue weighted by Crippen LogP contribution is 2.08. The predicted molar refractivity (Wildman–Crippen MR) is 56.2 cm³/mol. The van der Waals surface area contributed by atoms with Crippen LogP contribution in [0, 0.1) is 0 Å². The Bertz CT molecular complexity index is 392. The monoisotopic (exact) mass is 213 g/mol. The van der Waals surface area contributed by atoms with E-state index in [1.54, 1.807) is 21.8 Å². The van der Waals surface area contributed by atoms with Crippen LogP contribution in [0.25, 0.3) is 0 Å². The Morgan fingerprint density at radius 1 is 1.50 bits per heavy atom. The van der Waals surface area contributed by atoms with Gasteiger partial charge < -0.3 is 5.73 Å². The molecule has 0 aromatic carbocycles. The number of hydrogen-bond acceptors (Lipinski definition) is 3. The molecule has 2 rings (SSSR count). The van der Waals surface area contributed by atoms with Crippen molar-refractivity contribution < 1.29 is 0 Å². The van der Waals surface area contributed by atoms with Crippen LogP contribution in [0.2, 0.25) is 0 Å². The van der Waals surface area contributed by atoms with Gasteiger partial charge in [0.1, 0.15) is 5.69 Å². The second-order valence-electron chi connectivity index (χ2n) is 2.91. The van der Waals surface area contributed by atoms with E-state index in [2.05, 4.69) is 10.2 Å². The van der Waals surface area contributed by atoms with Gasteiger partial charge in [-0.1, -0.05) is 0 Å². The zero-order chi connectivity index (χ0) is 9.26. The fourth-order valence-electron chi connectivity index (χ4n) is 1.22. The van der Waals surface area contributed by atoms with Gasteiger partial charge in [-0.3, -0.25) is 9.36 Å². The molecule has 2 N–H and O–H groups in total. The summed E-state index contributed by atoms with van der Waals surface area (Å²) in [6.45, 7) is 0.625. The minimum atomic E-state index is 0. The quantitative estimate of drug-likeness (QED) is 0.798. The van der Waals surface area contributed by atoms with Crippen molar-refractivity contribution in [3.05, 3.63) is 30.4 Å². The topological polar surface area (TPSA) is 61.7 Å². The summed E-state index contributed by atoms with van der Waals surface area (Å²) in [5.74, 6) is 0. The maximum atomic E-state index is 5.73. The zero-order valence-electron chi connectivity index (χ0n) is 7.79. The summed E-state index contributed by atoms with van der Waals surface area (Å²) in [5.41, 5.74) is 7.29. The Labute approximate surface area is 87.9 Å². The maximum Gasteiger partial charge on any atom is 0.107 e. The molecule has 0 fully saturated rings. The van der Waals surface area contributed by atoms with Gasteiger partial charge in [-0.15, -0.1) is 12.4 Å². The largest absolute Gasteiger partial charge is 0.396 e. The van der Waals surface area contributed by atoms with Crippen molar-refractivity contribution >= 4 is 18.1 Å². The van der Waals surface area contributed by atoms with Gasteiger partial charge in [0.05, 0.1) is 12.2 Å². The molecule has 14 heavy (non-hydrogen) atoms. The molecule has 0 atom stereocenters. The van der Waals surface area contributed by atoms with E-state index in [1.165, 1.54) is 0 Å². The Morgan fingerprint density at radius 3 is 2.79 bits per heavy atom. The normalized spacial score (nSPS) is 9.79. The third kappa shape index (κ3) is 2.05. The molecule has 5 nitrogen and oxygen atoms in total. The zero-order valence-corrected chi connectivity index (χ0v) is 8.61. The van der Waals surface area contributed by atoms with Gasteiger partial charge in [0.15, 0.2) is 0 Å². The van der Waals surface area contributed by atoms with Crippen LogP contribution in [0.15, 0.2) is 24.7 Å². The molecular weight excluding hydrogens is 202 g/mol. The van der Waals surface area contributed by atoms with Crippen molar-refractivity contribution in [2.24, 2.45) is 7.05 Å². The van der Waals surface area contributed by atoms with Crippen LogP contribution in [0.1, 0.15) is 5.69 Å². The molecular formula is C8H12ClN5. The molecule has 0 radical (unpaired) electrons. The lowest BCUT2D eigenvalue weighted by Crippen LogP contribution is -2.03. The van der Waals surface area contributed by atoms with Gasteiger partial charge in [0, 0.05) is 25.6 Å². The van der Waals surface area contributed by atoms with Crippen LogP contribution in [-0.2, 0) is 13.6 Å². The van der Waals surface area contributed by atoms with Crippen molar-refractivity contribution in [1.82, 2.24) is 19.6 Å². The third-order valence-corrected chi connectivity index (χ3v) is 1.81. The van der Waals surface area contributed by atoms with Crippen LogP contribution >= 0.6 is 12.4 Å². The minimum absolute atomic E-state index is 0. The number of nitrogens with two attached hydrogens (primary N) is 1. The number of aryl methyl sites for hydroxylation is 1. The molecule has 2 aromatic heterocycles. The van der Waals surface area contributed by atoms with Crippen molar-refractivity contribution in [2.45, 2.75) is 6.54 Å². The molecule has 0 bridgehead atoms.